The van der Waals surface area contributed by atoms with Crippen LogP contribution >= 0.6 is 0 Å². The van der Waals surface area contributed by atoms with Gasteiger partial charge in [-0.2, -0.15) is 0 Å². The van der Waals surface area contributed by atoms with E-state index in [4.69, 9.17) is 5.11 Å². The zero-order valence-corrected chi connectivity index (χ0v) is 10.9. The van der Waals surface area contributed by atoms with Crippen molar-refractivity contribution in [2.24, 2.45) is 0 Å². The van der Waals surface area contributed by atoms with Crippen molar-refractivity contribution in [2.75, 3.05) is 11.4 Å². The highest BCUT2D eigenvalue weighted by Gasteiger charge is 2.23. The van der Waals surface area contributed by atoms with Crippen LogP contribution in [0.5, 0.6) is 0 Å². The third-order valence-corrected chi connectivity index (χ3v) is 3.55. The normalized spacial score (nSPS) is 19.9. The van der Waals surface area contributed by atoms with Crippen molar-refractivity contribution in [1.82, 2.24) is 9.97 Å². The molecule has 0 saturated carbocycles. The molecule has 1 aromatic heterocycles. The lowest BCUT2D eigenvalue weighted by Crippen LogP contribution is -2.40. The van der Waals surface area contributed by atoms with E-state index in [1.165, 1.54) is 19.0 Å². The van der Waals surface area contributed by atoms with Crippen molar-refractivity contribution in [3.05, 3.63) is 17.5 Å². The fourth-order valence-corrected chi connectivity index (χ4v) is 2.49. The fourth-order valence-electron chi connectivity index (χ4n) is 2.49. The molecule has 0 amide bonds. The summed E-state index contributed by atoms with van der Waals surface area (Å²) in [6.45, 7) is 4.85. The minimum atomic E-state index is -0.968. The van der Waals surface area contributed by atoms with E-state index in [0.717, 1.165) is 19.4 Å². The van der Waals surface area contributed by atoms with Crippen molar-refractivity contribution < 1.29 is 9.90 Å². The Balaban J connectivity index is 2.27. The number of hydrogen-bond acceptors (Lipinski definition) is 4. The standard InChI is InChI=1S/C13H19N3O2/c1-3-10-6-4-5-7-16(10)13-14-8-11(12(17)18)9(2)15-13/h8,10H,3-7H2,1-2H3,(H,17,18). The Morgan fingerprint density at radius 1 is 1.56 bits per heavy atom. The van der Waals surface area contributed by atoms with Crippen LogP contribution < -0.4 is 4.90 Å². The van der Waals surface area contributed by atoms with Gasteiger partial charge >= 0.3 is 5.97 Å². The number of nitrogens with zero attached hydrogens (tertiary/aromatic N) is 3. The summed E-state index contributed by atoms with van der Waals surface area (Å²) in [5.41, 5.74) is 0.719. The molecule has 0 spiro atoms. The van der Waals surface area contributed by atoms with Crippen LogP contribution in [0.2, 0.25) is 0 Å². The third kappa shape index (κ3) is 2.44. The first-order chi connectivity index (χ1) is 8.63. The molecule has 5 heteroatoms. The maximum Gasteiger partial charge on any atom is 0.339 e. The van der Waals surface area contributed by atoms with Gasteiger partial charge in [0.15, 0.2) is 0 Å². The maximum atomic E-state index is 10.9. The molecule has 18 heavy (non-hydrogen) atoms. The molecule has 5 nitrogen and oxygen atoms in total. The van der Waals surface area contributed by atoms with Crippen molar-refractivity contribution in [1.29, 1.82) is 0 Å². The Kier molecular flexibility index (Phi) is 3.79. The van der Waals surface area contributed by atoms with Gasteiger partial charge in [-0.05, 0) is 32.6 Å². The van der Waals surface area contributed by atoms with E-state index in [9.17, 15) is 4.79 Å². The van der Waals surface area contributed by atoms with Crippen molar-refractivity contribution in [3.63, 3.8) is 0 Å². The highest BCUT2D eigenvalue weighted by atomic mass is 16.4. The zero-order valence-electron chi connectivity index (χ0n) is 10.9. The Morgan fingerprint density at radius 2 is 2.33 bits per heavy atom. The third-order valence-electron chi connectivity index (χ3n) is 3.55. The van der Waals surface area contributed by atoms with Crippen LogP contribution in [-0.2, 0) is 0 Å². The summed E-state index contributed by atoms with van der Waals surface area (Å²) in [6, 6.07) is 0.480. The molecule has 0 radical (unpaired) electrons. The first kappa shape index (κ1) is 12.8. The van der Waals surface area contributed by atoms with E-state index in [-0.39, 0.29) is 5.56 Å². The summed E-state index contributed by atoms with van der Waals surface area (Å²) in [5.74, 6) is -0.297. The summed E-state index contributed by atoms with van der Waals surface area (Å²) in [5, 5.41) is 8.97. The molecule has 1 atom stereocenters. The van der Waals surface area contributed by atoms with E-state index < -0.39 is 5.97 Å². The lowest BCUT2D eigenvalue weighted by atomic mass is 10.0. The summed E-state index contributed by atoms with van der Waals surface area (Å²) in [4.78, 5) is 21.7. The smallest absolute Gasteiger partial charge is 0.339 e. The van der Waals surface area contributed by atoms with E-state index in [1.807, 2.05) is 0 Å². The number of anilines is 1. The topological polar surface area (TPSA) is 66.3 Å². The van der Waals surface area contributed by atoms with Crippen LogP contribution in [0.15, 0.2) is 6.20 Å². The van der Waals surface area contributed by atoms with Gasteiger partial charge in [-0.25, -0.2) is 14.8 Å². The fraction of sp³-hybridized carbons (Fsp3) is 0.615. The van der Waals surface area contributed by atoms with Crippen LogP contribution in [0.25, 0.3) is 0 Å². The molecule has 98 valence electrons. The molecule has 2 heterocycles. The number of carbonyl (C=O) groups is 1. The highest BCUT2D eigenvalue weighted by molar-refractivity contribution is 5.88. The van der Waals surface area contributed by atoms with Crippen LogP contribution in [-0.4, -0.2) is 33.6 Å². The first-order valence-electron chi connectivity index (χ1n) is 6.47. The lowest BCUT2D eigenvalue weighted by Gasteiger charge is -2.35. The van der Waals surface area contributed by atoms with E-state index in [2.05, 4.69) is 21.8 Å². The molecule has 0 bridgehead atoms. The van der Waals surface area contributed by atoms with Gasteiger partial charge in [0, 0.05) is 18.8 Å². The van der Waals surface area contributed by atoms with Gasteiger partial charge in [-0.3, -0.25) is 0 Å². The molecule has 1 aliphatic rings. The first-order valence-corrected chi connectivity index (χ1v) is 6.47. The molecule has 1 unspecified atom stereocenters. The summed E-state index contributed by atoms with van der Waals surface area (Å²) >= 11 is 0. The van der Waals surface area contributed by atoms with Gasteiger partial charge in [-0.15, -0.1) is 0 Å². The van der Waals surface area contributed by atoms with Crippen molar-refractivity contribution in [3.8, 4) is 0 Å². The molecule has 1 aliphatic heterocycles. The van der Waals surface area contributed by atoms with Gasteiger partial charge in [0.05, 0.1) is 11.3 Å². The zero-order chi connectivity index (χ0) is 13.1. The molecule has 0 aromatic carbocycles. The average Bonchev–Trinajstić information content (AvgIpc) is 2.38. The quantitative estimate of drug-likeness (QED) is 0.890. The van der Waals surface area contributed by atoms with Gasteiger partial charge in [-0.1, -0.05) is 6.92 Å². The van der Waals surface area contributed by atoms with E-state index >= 15 is 0 Å². The number of carboxylic acid groups (broad SMARTS) is 1. The number of piperidine rings is 1. The minimum Gasteiger partial charge on any atom is -0.478 e. The molecule has 2 rings (SSSR count). The molecule has 1 N–H and O–H groups in total. The molecule has 1 fully saturated rings. The van der Waals surface area contributed by atoms with Crippen LogP contribution in [0, 0.1) is 6.92 Å². The number of hydrogen-bond donors (Lipinski definition) is 1. The number of rotatable bonds is 3. The van der Waals surface area contributed by atoms with Gasteiger partial charge in [0.2, 0.25) is 5.95 Å². The van der Waals surface area contributed by atoms with Gasteiger partial charge in [0.25, 0.3) is 0 Å². The number of aromatic nitrogens is 2. The van der Waals surface area contributed by atoms with Crippen LogP contribution in [0.3, 0.4) is 0 Å². The van der Waals surface area contributed by atoms with Crippen LogP contribution in [0.4, 0.5) is 5.95 Å². The summed E-state index contributed by atoms with van der Waals surface area (Å²) in [6.07, 6.45) is 6.06. The van der Waals surface area contributed by atoms with Crippen molar-refractivity contribution in [2.45, 2.75) is 45.6 Å². The molecule has 1 aromatic rings. The second-order valence-electron chi connectivity index (χ2n) is 4.73. The Morgan fingerprint density at radius 3 is 2.94 bits per heavy atom. The maximum absolute atomic E-state index is 10.9. The van der Waals surface area contributed by atoms with E-state index in [0.29, 0.717) is 17.7 Å². The monoisotopic (exact) mass is 249 g/mol. The number of aromatic carboxylic acids is 1. The SMILES string of the molecule is CCC1CCCCN1c1ncc(C(=O)O)c(C)n1. The minimum absolute atomic E-state index is 0.184. The van der Waals surface area contributed by atoms with E-state index in [1.54, 1.807) is 6.92 Å². The summed E-state index contributed by atoms with van der Waals surface area (Å²) in [7, 11) is 0. The Hall–Kier alpha value is -1.65. The van der Waals surface area contributed by atoms with Crippen molar-refractivity contribution >= 4 is 11.9 Å². The molecule has 0 aliphatic carbocycles. The molecular weight excluding hydrogens is 230 g/mol. The average molecular weight is 249 g/mol. The predicted octanol–water partition coefficient (Wildman–Crippen LogP) is 2.25. The van der Waals surface area contributed by atoms with Gasteiger partial charge < -0.3 is 10.0 Å². The number of carboxylic acids is 1. The molecule has 1 saturated heterocycles. The summed E-state index contributed by atoms with van der Waals surface area (Å²) < 4.78 is 0. The second-order valence-corrected chi connectivity index (χ2v) is 4.73. The lowest BCUT2D eigenvalue weighted by molar-refractivity contribution is 0.0695. The number of aryl methyl sites for hydroxylation is 1. The van der Waals surface area contributed by atoms with Crippen LogP contribution in [0.1, 0.15) is 48.7 Å². The Bertz CT molecular complexity index is 448. The molecular formula is C13H19N3O2. The largest absolute Gasteiger partial charge is 0.478 e. The van der Waals surface area contributed by atoms with Gasteiger partial charge in [0.1, 0.15) is 0 Å². The highest BCUT2D eigenvalue weighted by Crippen LogP contribution is 2.24. The predicted molar refractivity (Wildman–Crippen MR) is 69.0 cm³/mol. The Labute approximate surface area is 107 Å². The second kappa shape index (κ2) is 5.33.